The zero-order valence-electron chi connectivity index (χ0n) is 13.0. The van der Waals surface area contributed by atoms with Crippen molar-refractivity contribution < 1.29 is 13.2 Å². The van der Waals surface area contributed by atoms with Gasteiger partial charge in [0.05, 0.1) is 0 Å². The van der Waals surface area contributed by atoms with Crippen molar-refractivity contribution in [1.29, 1.82) is 0 Å². The molecule has 4 heterocycles. The van der Waals surface area contributed by atoms with Crippen molar-refractivity contribution in [2.24, 2.45) is 12.5 Å². The monoisotopic (exact) mass is 404 g/mol. The number of aryl methyl sites for hydroxylation is 1. The first-order valence-electron chi connectivity index (χ1n) is 7.91. The van der Waals surface area contributed by atoms with E-state index in [1.807, 2.05) is 0 Å². The van der Waals surface area contributed by atoms with Crippen LogP contribution >= 0.6 is 15.9 Å². The molecule has 23 heavy (non-hydrogen) atoms. The molecule has 0 radical (unpaired) electrons. The van der Waals surface area contributed by atoms with E-state index in [1.165, 1.54) is 4.68 Å². The van der Waals surface area contributed by atoms with Gasteiger partial charge in [-0.1, -0.05) is 0 Å². The van der Waals surface area contributed by atoms with Crippen LogP contribution in [0.2, 0.25) is 0 Å². The third-order valence-electron chi connectivity index (χ3n) is 5.35. The van der Waals surface area contributed by atoms with Crippen molar-refractivity contribution in [3.05, 3.63) is 10.7 Å². The van der Waals surface area contributed by atoms with Crippen LogP contribution in [0, 0.1) is 5.41 Å². The van der Waals surface area contributed by atoms with Crippen LogP contribution in [-0.2, 0) is 21.6 Å². The number of hydrogen-bond donors (Lipinski definition) is 1. The first-order valence-corrected chi connectivity index (χ1v) is 10.2. The molecule has 0 amide bonds. The molecule has 3 fully saturated rings. The van der Waals surface area contributed by atoms with E-state index in [0.29, 0.717) is 10.6 Å². The summed E-state index contributed by atoms with van der Waals surface area (Å²) in [4.78, 5) is 2.42. The van der Waals surface area contributed by atoms with E-state index in [1.54, 1.807) is 13.1 Å². The lowest BCUT2D eigenvalue weighted by Crippen LogP contribution is -2.79. The van der Waals surface area contributed by atoms with E-state index >= 15 is 0 Å². The Morgan fingerprint density at radius 1 is 1.39 bits per heavy atom. The number of aromatic nitrogens is 2. The predicted molar refractivity (Wildman–Crippen MR) is 87.7 cm³/mol. The second kappa shape index (κ2) is 5.52. The number of nitrogens with one attached hydrogen (secondary N) is 1. The Kier molecular flexibility index (Phi) is 3.84. The molecule has 0 aromatic carbocycles. The third-order valence-corrected chi connectivity index (χ3v) is 7.99. The van der Waals surface area contributed by atoms with Gasteiger partial charge in [0.1, 0.15) is 9.98 Å². The highest BCUT2D eigenvalue weighted by molar-refractivity contribution is 9.10. The summed E-state index contributed by atoms with van der Waals surface area (Å²) in [6, 6.07) is 2.13. The molecule has 0 bridgehead atoms. The Bertz CT molecular complexity index is 708. The molecule has 0 saturated carbocycles. The molecule has 3 saturated heterocycles. The molecule has 1 unspecified atom stereocenters. The summed E-state index contributed by atoms with van der Waals surface area (Å²) in [7, 11) is -1.76. The number of ether oxygens (including phenoxy) is 1. The Hall–Kier alpha value is -0.480. The van der Waals surface area contributed by atoms with E-state index in [2.05, 4.69) is 31.2 Å². The number of rotatable bonds is 3. The van der Waals surface area contributed by atoms with Crippen LogP contribution < -0.4 is 5.32 Å². The lowest BCUT2D eigenvalue weighted by atomic mass is 9.73. The quantitative estimate of drug-likeness (QED) is 0.783. The first-order chi connectivity index (χ1) is 10.9. The molecule has 3 aliphatic rings. The fourth-order valence-electron chi connectivity index (χ4n) is 4.07. The molecule has 1 N–H and O–H groups in total. The minimum atomic E-state index is -3.43. The molecule has 1 aromatic heterocycles. The number of nitrogens with zero attached hydrogens (tertiary/aromatic N) is 3. The maximum absolute atomic E-state index is 13.0. The molecule has 7 nitrogen and oxygen atoms in total. The molecular formula is C14H21BrN4O3S. The summed E-state index contributed by atoms with van der Waals surface area (Å²) < 4.78 is 33.3. The van der Waals surface area contributed by atoms with Crippen molar-refractivity contribution >= 4 is 25.8 Å². The minimum absolute atomic E-state index is 0.145. The normalized spacial score (nSPS) is 28.5. The summed E-state index contributed by atoms with van der Waals surface area (Å²) in [6.45, 7) is 4.12. The fourth-order valence-corrected chi connectivity index (χ4v) is 6.79. The maximum atomic E-state index is 13.0. The molecule has 9 heteroatoms. The van der Waals surface area contributed by atoms with Gasteiger partial charge < -0.3 is 4.74 Å². The lowest BCUT2D eigenvalue weighted by molar-refractivity contribution is -0.0982. The zero-order valence-corrected chi connectivity index (χ0v) is 15.4. The van der Waals surface area contributed by atoms with Crippen molar-refractivity contribution in [1.82, 2.24) is 20.0 Å². The Balaban J connectivity index is 1.50. The van der Waals surface area contributed by atoms with Crippen LogP contribution in [0.5, 0.6) is 0 Å². The molecule has 3 aliphatic heterocycles. The lowest BCUT2D eigenvalue weighted by Gasteiger charge is -2.62. The maximum Gasteiger partial charge on any atom is 0.211 e. The van der Waals surface area contributed by atoms with Crippen LogP contribution in [0.3, 0.4) is 0 Å². The summed E-state index contributed by atoms with van der Waals surface area (Å²) >= 11 is 3.25. The summed E-state index contributed by atoms with van der Waals surface area (Å²) in [5.41, 5.74) is -0.145. The second-order valence-electron chi connectivity index (χ2n) is 6.85. The highest BCUT2D eigenvalue weighted by atomic mass is 79.9. The molecule has 0 aliphatic carbocycles. The van der Waals surface area contributed by atoms with Gasteiger partial charge in [0.15, 0.2) is 5.03 Å². The van der Waals surface area contributed by atoms with Crippen LogP contribution in [0.1, 0.15) is 12.8 Å². The van der Waals surface area contributed by atoms with Gasteiger partial charge in [-0.25, -0.2) is 8.42 Å². The zero-order chi connectivity index (χ0) is 16.2. The van der Waals surface area contributed by atoms with Gasteiger partial charge >= 0.3 is 0 Å². The van der Waals surface area contributed by atoms with E-state index in [4.69, 9.17) is 4.74 Å². The van der Waals surface area contributed by atoms with E-state index in [0.717, 1.165) is 45.7 Å². The van der Waals surface area contributed by atoms with Gasteiger partial charge in [-0.2, -0.15) is 5.10 Å². The van der Waals surface area contributed by atoms with E-state index in [-0.39, 0.29) is 10.4 Å². The predicted octanol–water partition coefficient (Wildman–Crippen LogP) is 0.367. The Morgan fingerprint density at radius 2 is 2.09 bits per heavy atom. The summed E-state index contributed by atoms with van der Waals surface area (Å²) in [6.07, 6.45) is 2.10. The topological polar surface area (TPSA) is 76.5 Å². The van der Waals surface area contributed by atoms with Gasteiger partial charge in [0.2, 0.25) is 9.84 Å². The average molecular weight is 405 g/mol. The van der Waals surface area contributed by atoms with Gasteiger partial charge in [-0.15, -0.1) is 0 Å². The number of likely N-dealkylation sites (tertiary alicyclic amines) is 1. The average Bonchev–Trinajstić information content (AvgIpc) is 2.77. The van der Waals surface area contributed by atoms with Crippen molar-refractivity contribution in [2.75, 3.05) is 32.8 Å². The van der Waals surface area contributed by atoms with E-state index in [9.17, 15) is 8.42 Å². The van der Waals surface area contributed by atoms with Crippen molar-refractivity contribution in [2.45, 2.75) is 29.3 Å². The van der Waals surface area contributed by atoms with Crippen LogP contribution in [-0.4, -0.2) is 67.4 Å². The summed E-state index contributed by atoms with van der Waals surface area (Å²) in [5.74, 6) is 0. The van der Waals surface area contributed by atoms with Crippen LogP contribution in [0.4, 0.5) is 0 Å². The molecule has 1 spiro atoms. The van der Waals surface area contributed by atoms with Gasteiger partial charge in [0.25, 0.3) is 0 Å². The molecule has 4 rings (SSSR count). The standard InChI is InChI=1S/C14H21BrN4O3S/c1-18-12(6-11(15)17-18)23(20,21)13-14(7-16-13)8-19(9-14)10-2-4-22-5-3-10/h6,10,13,16H,2-5,7-9H2,1H3. The van der Waals surface area contributed by atoms with Crippen molar-refractivity contribution in [3.63, 3.8) is 0 Å². The van der Waals surface area contributed by atoms with E-state index < -0.39 is 15.2 Å². The van der Waals surface area contributed by atoms with Crippen LogP contribution in [0.15, 0.2) is 15.7 Å². The van der Waals surface area contributed by atoms with Gasteiger partial charge in [-0.3, -0.25) is 14.9 Å². The Labute approximate surface area is 144 Å². The highest BCUT2D eigenvalue weighted by Gasteiger charge is 2.61. The SMILES string of the molecule is Cn1nc(Br)cc1S(=O)(=O)C1NCC12CN(C1CCOCC1)C2. The minimum Gasteiger partial charge on any atom is -0.381 e. The molecular weight excluding hydrogens is 384 g/mol. The fraction of sp³-hybridized carbons (Fsp3) is 0.786. The summed E-state index contributed by atoms with van der Waals surface area (Å²) in [5, 5.41) is 7.00. The number of hydrogen-bond acceptors (Lipinski definition) is 6. The largest absolute Gasteiger partial charge is 0.381 e. The first kappa shape index (κ1) is 16.0. The molecule has 128 valence electrons. The second-order valence-corrected chi connectivity index (χ2v) is 9.64. The highest BCUT2D eigenvalue weighted by Crippen LogP contribution is 2.45. The number of halogens is 1. The van der Waals surface area contributed by atoms with Gasteiger partial charge in [-0.05, 0) is 28.8 Å². The van der Waals surface area contributed by atoms with Gasteiger partial charge in [0, 0.05) is 57.4 Å². The van der Waals surface area contributed by atoms with Crippen molar-refractivity contribution in [3.8, 4) is 0 Å². The van der Waals surface area contributed by atoms with Crippen LogP contribution in [0.25, 0.3) is 0 Å². The molecule has 1 aromatic rings. The molecule has 1 atom stereocenters. The smallest absolute Gasteiger partial charge is 0.211 e. The Morgan fingerprint density at radius 3 is 2.61 bits per heavy atom. The third kappa shape index (κ3) is 2.48. The number of sulfone groups is 1.